The number of rotatable bonds is 2. The fraction of sp³-hybridized carbons (Fsp3) is 0.526. The summed E-state index contributed by atoms with van der Waals surface area (Å²) in [4.78, 5) is 33.4. The molecule has 1 unspecified atom stereocenters. The average Bonchev–Trinajstić information content (AvgIpc) is 2.87. The van der Waals surface area contributed by atoms with Gasteiger partial charge in [0.15, 0.2) is 0 Å². The van der Waals surface area contributed by atoms with Crippen LogP contribution in [-0.4, -0.2) is 52.8 Å². The highest BCUT2D eigenvalue weighted by atomic mass is 16.2. The number of allylic oxidation sites excluding steroid dienone is 2. The van der Waals surface area contributed by atoms with Gasteiger partial charge in [0.2, 0.25) is 5.91 Å². The molecule has 0 N–H and O–H groups in total. The highest BCUT2D eigenvalue weighted by Crippen LogP contribution is 2.21. The molecule has 128 valence electrons. The van der Waals surface area contributed by atoms with Crippen LogP contribution in [0.2, 0.25) is 0 Å². The molecule has 0 spiro atoms. The molecule has 24 heavy (non-hydrogen) atoms. The molecule has 2 amide bonds. The lowest BCUT2D eigenvalue weighted by atomic mass is 9.93. The Labute approximate surface area is 143 Å². The molecular weight excluding hydrogens is 302 g/mol. The third-order valence-corrected chi connectivity index (χ3v) is 4.82. The Balaban J connectivity index is 1.61. The number of carbonyl (C=O) groups excluding carboxylic acids is 2. The first kappa shape index (κ1) is 16.7. The van der Waals surface area contributed by atoms with Gasteiger partial charge in [-0.2, -0.15) is 0 Å². The Morgan fingerprint density at radius 3 is 2.62 bits per heavy atom. The molecular formula is C19H25N3O2. The maximum absolute atomic E-state index is 12.7. The van der Waals surface area contributed by atoms with Gasteiger partial charge in [-0.15, -0.1) is 0 Å². The predicted octanol–water partition coefficient (Wildman–Crippen LogP) is 2.42. The summed E-state index contributed by atoms with van der Waals surface area (Å²) in [6.45, 7) is 4.52. The fourth-order valence-electron chi connectivity index (χ4n) is 3.44. The second kappa shape index (κ2) is 7.60. The summed E-state index contributed by atoms with van der Waals surface area (Å²) in [7, 11) is 0. The van der Waals surface area contributed by atoms with Gasteiger partial charge in [-0.25, -0.2) is 4.98 Å². The highest BCUT2D eigenvalue weighted by molar-refractivity contribution is 5.92. The molecule has 3 rings (SSSR count). The Kier molecular flexibility index (Phi) is 5.28. The monoisotopic (exact) mass is 327 g/mol. The van der Waals surface area contributed by atoms with Gasteiger partial charge in [0.25, 0.3) is 5.91 Å². The molecule has 1 atom stereocenters. The van der Waals surface area contributed by atoms with E-state index in [9.17, 15) is 9.59 Å². The molecule has 0 aromatic carbocycles. The van der Waals surface area contributed by atoms with Gasteiger partial charge in [0, 0.05) is 37.8 Å². The first-order valence-electron chi connectivity index (χ1n) is 8.82. The molecule has 1 fully saturated rings. The molecule has 1 aromatic rings. The normalized spacial score (nSPS) is 21.5. The van der Waals surface area contributed by atoms with Crippen molar-refractivity contribution in [2.24, 2.45) is 5.92 Å². The van der Waals surface area contributed by atoms with E-state index in [0.717, 1.165) is 37.9 Å². The van der Waals surface area contributed by atoms with E-state index in [2.05, 4.69) is 17.1 Å². The number of pyridine rings is 1. The largest absolute Gasteiger partial charge is 0.341 e. The first-order valence-corrected chi connectivity index (χ1v) is 8.82. The Bertz CT molecular complexity index is 641. The highest BCUT2D eigenvalue weighted by Gasteiger charge is 2.27. The van der Waals surface area contributed by atoms with Crippen molar-refractivity contribution in [2.45, 2.75) is 32.6 Å². The molecule has 1 aromatic heterocycles. The van der Waals surface area contributed by atoms with E-state index in [1.807, 2.05) is 28.9 Å². The van der Waals surface area contributed by atoms with Gasteiger partial charge in [0.05, 0.1) is 0 Å². The van der Waals surface area contributed by atoms with Crippen LogP contribution < -0.4 is 0 Å². The summed E-state index contributed by atoms with van der Waals surface area (Å²) < 4.78 is 0. The quantitative estimate of drug-likeness (QED) is 0.784. The molecule has 1 saturated heterocycles. The van der Waals surface area contributed by atoms with Crippen molar-refractivity contribution in [3.05, 3.63) is 41.7 Å². The van der Waals surface area contributed by atoms with Crippen LogP contribution in [0.15, 0.2) is 30.4 Å². The van der Waals surface area contributed by atoms with Crippen molar-refractivity contribution in [2.75, 3.05) is 26.2 Å². The van der Waals surface area contributed by atoms with Gasteiger partial charge in [-0.1, -0.05) is 18.2 Å². The maximum Gasteiger partial charge on any atom is 0.272 e. The van der Waals surface area contributed by atoms with E-state index in [4.69, 9.17) is 0 Å². The van der Waals surface area contributed by atoms with Crippen LogP contribution in [0.1, 0.15) is 41.9 Å². The van der Waals surface area contributed by atoms with Crippen molar-refractivity contribution in [3.63, 3.8) is 0 Å². The molecule has 1 aliphatic heterocycles. The number of amides is 2. The van der Waals surface area contributed by atoms with E-state index in [1.54, 1.807) is 6.07 Å². The second-order valence-electron chi connectivity index (χ2n) is 6.62. The van der Waals surface area contributed by atoms with E-state index in [0.29, 0.717) is 25.3 Å². The summed E-state index contributed by atoms with van der Waals surface area (Å²) in [5.74, 6) is 0.339. The van der Waals surface area contributed by atoms with Gasteiger partial charge in [-0.3, -0.25) is 9.59 Å². The number of carbonyl (C=O) groups is 2. The lowest BCUT2D eigenvalue weighted by molar-refractivity contribution is -0.135. The van der Waals surface area contributed by atoms with E-state index < -0.39 is 0 Å². The average molecular weight is 327 g/mol. The van der Waals surface area contributed by atoms with Gasteiger partial charge in [0.1, 0.15) is 5.69 Å². The van der Waals surface area contributed by atoms with Gasteiger partial charge in [-0.05, 0) is 44.7 Å². The molecule has 1 aliphatic carbocycles. The zero-order valence-corrected chi connectivity index (χ0v) is 14.3. The van der Waals surface area contributed by atoms with Crippen molar-refractivity contribution in [1.29, 1.82) is 0 Å². The Morgan fingerprint density at radius 1 is 1.08 bits per heavy atom. The standard InChI is InChI=1S/C19H25N3O2/c1-15-7-5-10-17(20-15)19(24)22-12-6-11-21(13-14-22)18(23)16-8-3-2-4-9-16/h2-3,5,7,10,16H,4,6,8-9,11-14H2,1H3. The van der Waals surface area contributed by atoms with Crippen LogP contribution in [0.25, 0.3) is 0 Å². The third kappa shape index (κ3) is 3.83. The summed E-state index contributed by atoms with van der Waals surface area (Å²) in [5.41, 5.74) is 1.34. The molecule has 0 radical (unpaired) electrons. The summed E-state index contributed by atoms with van der Waals surface area (Å²) in [6.07, 6.45) is 7.89. The van der Waals surface area contributed by atoms with E-state index in [1.165, 1.54) is 0 Å². The number of hydrogen-bond donors (Lipinski definition) is 0. The summed E-state index contributed by atoms with van der Waals surface area (Å²) in [5, 5.41) is 0. The molecule has 5 heteroatoms. The Hall–Kier alpha value is -2.17. The van der Waals surface area contributed by atoms with Crippen LogP contribution >= 0.6 is 0 Å². The molecule has 0 saturated carbocycles. The van der Waals surface area contributed by atoms with Gasteiger partial charge >= 0.3 is 0 Å². The second-order valence-corrected chi connectivity index (χ2v) is 6.62. The first-order chi connectivity index (χ1) is 11.6. The molecule has 5 nitrogen and oxygen atoms in total. The number of nitrogens with zero attached hydrogens (tertiary/aromatic N) is 3. The van der Waals surface area contributed by atoms with E-state index >= 15 is 0 Å². The summed E-state index contributed by atoms with van der Waals surface area (Å²) in [6, 6.07) is 5.51. The van der Waals surface area contributed by atoms with Crippen LogP contribution in [0.5, 0.6) is 0 Å². The van der Waals surface area contributed by atoms with Gasteiger partial charge < -0.3 is 9.80 Å². The van der Waals surface area contributed by atoms with Crippen molar-refractivity contribution in [1.82, 2.24) is 14.8 Å². The van der Waals surface area contributed by atoms with Crippen molar-refractivity contribution in [3.8, 4) is 0 Å². The number of aryl methyl sites for hydroxylation is 1. The smallest absolute Gasteiger partial charge is 0.272 e. The zero-order valence-electron chi connectivity index (χ0n) is 14.3. The van der Waals surface area contributed by atoms with E-state index in [-0.39, 0.29) is 17.7 Å². The van der Waals surface area contributed by atoms with Crippen LogP contribution in [0.4, 0.5) is 0 Å². The minimum absolute atomic E-state index is 0.0337. The lowest BCUT2D eigenvalue weighted by Crippen LogP contribution is -2.40. The van der Waals surface area contributed by atoms with Crippen molar-refractivity contribution < 1.29 is 9.59 Å². The number of hydrogen-bond acceptors (Lipinski definition) is 3. The van der Waals surface area contributed by atoms with Crippen LogP contribution in [-0.2, 0) is 4.79 Å². The molecule has 2 aliphatic rings. The Morgan fingerprint density at radius 2 is 1.88 bits per heavy atom. The summed E-state index contributed by atoms with van der Waals surface area (Å²) >= 11 is 0. The predicted molar refractivity (Wildman–Crippen MR) is 92.6 cm³/mol. The lowest BCUT2D eigenvalue weighted by Gasteiger charge is -2.27. The molecule has 0 bridgehead atoms. The topological polar surface area (TPSA) is 53.5 Å². The minimum atomic E-state index is -0.0337. The maximum atomic E-state index is 12.7. The van der Waals surface area contributed by atoms with Crippen molar-refractivity contribution >= 4 is 11.8 Å². The fourth-order valence-corrected chi connectivity index (χ4v) is 3.44. The van der Waals surface area contributed by atoms with Crippen LogP contribution in [0, 0.1) is 12.8 Å². The number of aromatic nitrogens is 1. The minimum Gasteiger partial charge on any atom is -0.341 e. The van der Waals surface area contributed by atoms with Crippen LogP contribution in [0.3, 0.4) is 0 Å². The zero-order chi connectivity index (χ0) is 16.9. The molecule has 2 heterocycles. The SMILES string of the molecule is Cc1cccc(C(=O)N2CCCN(C(=O)C3CC=CCC3)CC2)n1. The third-order valence-electron chi connectivity index (χ3n) is 4.82.